The molecular weight excluding hydrogens is 425 g/mol. The Morgan fingerprint density at radius 3 is 2.46 bits per heavy atom. The van der Waals surface area contributed by atoms with Crippen molar-refractivity contribution in [2.75, 3.05) is 11.4 Å². The lowest BCUT2D eigenvalue weighted by Crippen LogP contribution is -2.30. The molecule has 1 fully saturated rings. The van der Waals surface area contributed by atoms with Crippen LogP contribution < -0.4 is 4.90 Å². The van der Waals surface area contributed by atoms with Crippen molar-refractivity contribution in [3.63, 3.8) is 0 Å². The normalized spacial score (nSPS) is 17.5. The van der Waals surface area contributed by atoms with Crippen molar-refractivity contribution < 1.29 is 19.1 Å². The second kappa shape index (κ2) is 8.52. The number of carbonyl (C=O) groups is 3. The van der Waals surface area contributed by atoms with Gasteiger partial charge in [-0.05, 0) is 43.3 Å². The van der Waals surface area contributed by atoms with E-state index >= 15 is 0 Å². The highest BCUT2D eigenvalue weighted by Crippen LogP contribution is 2.36. The zero-order valence-electron chi connectivity index (χ0n) is 14.8. The topological polar surface area (TPSA) is 63.7 Å². The molecule has 1 aliphatic heterocycles. The summed E-state index contributed by atoms with van der Waals surface area (Å²) >= 11 is 18.0. The zero-order valence-corrected chi connectivity index (χ0v) is 17.1. The fourth-order valence-corrected chi connectivity index (χ4v) is 3.50. The molecule has 3 rings (SSSR count). The van der Waals surface area contributed by atoms with Crippen molar-refractivity contribution in [3.05, 3.63) is 63.1 Å². The van der Waals surface area contributed by atoms with Gasteiger partial charge in [0.2, 0.25) is 11.7 Å². The van der Waals surface area contributed by atoms with Gasteiger partial charge in [0.05, 0.1) is 21.7 Å². The second-order valence-corrected chi connectivity index (χ2v) is 7.65. The summed E-state index contributed by atoms with van der Waals surface area (Å²) in [4.78, 5) is 38.7. The highest BCUT2D eigenvalue weighted by atomic mass is 35.5. The molecule has 0 N–H and O–H groups in total. The van der Waals surface area contributed by atoms with Crippen LogP contribution >= 0.6 is 34.8 Å². The number of hydrogen-bond acceptors (Lipinski definition) is 4. The van der Waals surface area contributed by atoms with Gasteiger partial charge in [-0.2, -0.15) is 0 Å². The molecule has 0 aromatic heterocycles. The molecule has 2 atom stereocenters. The van der Waals surface area contributed by atoms with E-state index in [1.54, 1.807) is 42.5 Å². The molecule has 0 aliphatic carbocycles. The van der Waals surface area contributed by atoms with E-state index in [0.717, 1.165) is 0 Å². The minimum absolute atomic E-state index is 0.0243. The number of esters is 1. The molecule has 146 valence electrons. The first-order chi connectivity index (χ1) is 13.3. The Labute approximate surface area is 177 Å². The molecule has 1 saturated heterocycles. The predicted octanol–water partition coefficient (Wildman–Crippen LogP) is 4.81. The average molecular weight is 441 g/mol. The first-order valence-electron chi connectivity index (χ1n) is 8.52. The highest BCUT2D eigenvalue weighted by molar-refractivity contribution is 6.44. The second-order valence-electron chi connectivity index (χ2n) is 6.43. The maximum atomic E-state index is 12.5. The highest BCUT2D eigenvalue weighted by Gasteiger charge is 2.38. The third kappa shape index (κ3) is 4.32. The van der Waals surface area contributed by atoms with Crippen LogP contribution in [0.2, 0.25) is 15.1 Å². The van der Waals surface area contributed by atoms with Gasteiger partial charge in [0.1, 0.15) is 0 Å². The molecule has 1 heterocycles. The summed E-state index contributed by atoms with van der Waals surface area (Å²) in [6.07, 6.45) is -1.00. The first-order valence-corrected chi connectivity index (χ1v) is 9.66. The molecule has 0 spiro atoms. The molecule has 28 heavy (non-hydrogen) atoms. The minimum atomic E-state index is -0.979. The van der Waals surface area contributed by atoms with Crippen LogP contribution in [0.5, 0.6) is 0 Å². The number of ketones is 1. The Balaban J connectivity index is 1.66. The van der Waals surface area contributed by atoms with Crippen LogP contribution in [0.15, 0.2) is 42.5 Å². The number of carbonyl (C=O) groups excluding carboxylic acids is 3. The predicted molar refractivity (Wildman–Crippen MR) is 108 cm³/mol. The summed E-state index contributed by atoms with van der Waals surface area (Å²) in [7, 11) is 0. The lowest BCUT2D eigenvalue weighted by atomic mass is 10.1. The summed E-state index contributed by atoms with van der Waals surface area (Å²) in [6.45, 7) is 1.61. The van der Waals surface area contributed by atoms with Crippen molar-refractivity contribution >= 4 is 58.1 Å². The van der Waals surface area contributed by atoms with Gasteiger partial charge in [-0.3, -0.25) is 14.4 Å². The maximum absolute atomic E-state index is 12.5. The monoisotopic (exact) mass is 439 g/mol. The fourth-order valence-electron chi connectivity index (χ4n) is 2.97. The van der Waals surface area contributed by atoms with Crippen LogP contribution in [-0.2, 0) is 14.3 Å². The Kier molecular flexibility index (Phi) is 6.28. The Morgan fingerprint density at radius 1 is 1.11 bits per heavy atom. The van der Waals surface area contributed by atoms with E-state index in [1.807, 2.05) is 0 Å². The number of rotatable bonds is 5. The molecule has 2 aromatic carbocycles. The summed E-state index contributed by atoms with van der Waals surface area (Å²) in [6, 6.07) is 11.3. The molecular formula is C20H16Cl3NO4. The van der Waals surface area contributed by atoms with Crippen molar-refractivity contribution in [3.8, 4) is 0 Å². The van der Waals surface area contributed by atoms with E-state index in [-0.39, 0.29) is 29.7 Å². The molecule has 0 radical (unpaired) electrons. The lowest BCUT2D eigenvalue weighted by Gasteiger charge is -2.19. The van der Waals surface area contributed by atoms with Crippen LogP contribution in [0.1, 0.15) is 23.7 Å². The third-order valence-corrected chi connectivity index (χ3v) is 5.53. The number of ether oxygens (including phenoxy) is 1. The number of benzene rings is 2. The lowest BCUT2D eigenvalue weighted by molar-refractivity contribution is -0.151. The molecule has 1 aliphatic rings. The van der Waals surface area contributed by atoms with Crippen molar-refractivity contribution in [1.82, 2.24) is 0 Å². The average Bonchev–Trinajstić information content (AvgIpc) is 3.05. The number of nitrogens with zero attached hydrogens (tertiary/aromatic N) is 1. The zero-order chi connectivity index (χ0) is 20.4. The number of amides is 1. The Morgan fingerprint density at radius 2 is 1.79 bits per heavy atom. The van der Waals surface area contributed by atoms with E-state index in [2.05, 4.69) is 0 Å². The number of halogens is 3. The smallest absolute Gasteiger partial charge is 0.312 e. The van der Waals surface area contributed by atoms with Gasteiger partial charge in [-0.1, -0.05) is 40.9 Å². The van der Waals surface area contributed by atoms with Crippen LogP contribution in [-0.4, -0.2) is 30.3 Å². The van der Waals surface area contributed by atoms with Gasteiger partial charge in [0.25, 0.3) is 0 Å². The minimum Gasteiger partial charge on any atom is -0.454 e. The summed E-state index contributed by atoms with van der Waals surface area (Å²) in [5.41, 5.74) is 0.833. The van der Waals surface area contributed by atoms with Gasteiger partial charge in [0.15, 0.2) is 6.10 Å². The quantitative estimate of drug-likeness (QED) is 0.494. The fraction of sp³-hybridized carbons (Fsp3) is 0.250. The van der Waals surface area contributed by atoms with Crippen molar-refractivity contribution in [1.29, 1.82) is 0 Å². The van der Waals surface area contributed by atoms with Gasteiger partial charge >= 0.3 is 5.97 Å². The van der Waals surface area contributed by atoms with Crippen LogP contribution in [0.3, 0.4) is 0 Å². The largest absolute Gasteiger partial charge is 0.454 e. The summed E-state index contributed by atoms with van der Waals surface area (Å²) in [5, 5.41) is 1.07. The van der Waals surface area contributed by atoms with E-state index < -0.39 is 18.0 Å². The van der Waals surface area contributed by atoms with E-state index in [9.17, 15) is 14.4 Å². The van der Waals surface area contributed by atoms with Gasteiger partial charge in [0, 0.05) is 23.6 Å². The molecule has 0 unspecified atom stereocenters. The Bertz CT molecular complexity index is 930. The number of Topliss-reactive ketones (excluding diaryl/α,β-unsaturated/α-hetero) is 1. The molecule has 8 heteroatoms. The van der Waals surface area contributed by atoms with Crippen LogP contribution in [0.25, 0.3) is 0 Å². The third-order valence-electron chi connectivity index (χ3n) is 4.47. The number of hydrogen-bond donors (Lipinski definition) is 0. The van der Waals surface area contributed by atoms with Crippen LogP contribution in [0.4, 0.5) is 5.69 Å². The van der Waals surface area contributed by atoms with E-state index in [1.165, 1.54) is 11.8 Å². The van der Waals surface area contributed by atoms with Gasteiger partial charge in [-0.25, -0.2) is 0 Å². The molecule has 0 saturated carbocycles. The maximum Gasteiger partial charge on any atom is 0.312 e. The summed E-state index contributed by atoms with van der Waals surface area (Å²) < 4.78 is 5.31. The first kappa shape index (κ1) is 20.6. The standard InChI is InChI=1S/C20H16Cl3NO4/c1-11(19(26)12-5-7-14(21)8-6-12)28-20(27)13-9-17(25)24(10-13)16-4-2-3-15(22)18(16)23/h2-8,11,13H,9-10H2,1H3/t11-,13-/m1/s1. The molecule has 1 amide bonds. The number of anilines is 1. The van der Waals surface area contributed by atoms with Gasteiger partial charge < -0.3 is 9.64 Å². The summed E-state index contributed by atoms with van der Waals surface area (Å²) in [5.74, 6) is -1.90. The molecule has 5 nitrogen and oxygen atoms in total. The van der Waals surface area contributed by atoms with E-state index in [0.29, 0.717) is 21.3 Å². The van der Waals surface area contributed by atoms with Crippen LogP contribution in [0, 0.1) is 5.92 Å². The molecule has 0 bridgehead atoms. The molecule has 2 aromatic rings. The van der Waals surface area contributed by atoms with E-state index in [4.69, 9.17) is 39.5 Å². The SMILES string of the molecule is C[C@@H](OC(=O)[C@@H]1CC(=O)N(c2cccc(Cl)c2Cl)C1)C(=O)c1ccc(Cl)cc1. The van der Waals surface area contributed by atoms with Gasteiger partial charge in [-0.15, -0.1) is 0 Å². The van der Waals surface area contributed by atoms with Crippen molar-refractivity contribution in [2.24, 2.45) is 5.92 Å². The Hall–Kier alpha value is -2.08. The van der Waals surface area contributed by atoms with Crippen molar-refractivity contribution in [2.45, 2.75) is 19.4 Å².